The van der Waals surface area contributed by atoms with Gasteiger partial charge in [-0.1, -0.05) is 30.3 Å². The summed E-state index contributed by atoms with van der Waals surface area (Å²) in [5.74, 6) is -0.724. The molecule has 0 spiro atoms. The van der Waals surface area contributed by atoms with Crippen molar-refractivity contribution in [3.63, 3.8) is 0 Å². The molecule has 0 aliphatic carbocycles. The molecule has 6 heteroatoms. The van der Waals surface area contributed by atoms with Crippen LogP contribution in [-0.4, -0.2) is 17.9 Å². The SMILES string of the molecule is CC(=O)N(c1nc(CN(C)c2ccccc2)cs1)c1ccccc1F. The average Bonchev–Trinajstić information content (AvgIpc) is 3.05. The molecule has 0 saturated carbocycles. The van der Waals surface area contributed by atoms with Crippen molar-refractivity contribution in [1.29, 1.82) is 0 Å². The lowest BCUT2D eigenvalue weighted by atomic mass is 10.3. The van der Waals surface area contributed by atoms with E-state index in [1.165, 1.54) is 29.2 Å². The second kappa shape index (κ2) is 7.44. The quantitative estimate of drug-likeness (QED) is 0.671. The Balaban J connectivity index is 1.84. The van der Waals surface area contributed by atoms with Crippen molar-refractivity contribution in [3.05, 3.63) is 71.5 Å². The Morgan fingerprint density at radius 3 is 2.48 bits per heavy atom. The summed E-state index contributed by atoms with van der Waals surface area (Å²) < 4.78 is 14.1. The molecule has 0 N–H and O–H groups in total. The van der Waals surface area contributed by atoms with Crippen LogP contribution in [0.1, 0.15) is 12.6 Å². The van der Waals surface area contributed by atoms with Crippen LogP contribution < -0.4 is 9.80 Å². The number of thiazole rings is 1. The monoisotopic (exact) mass is 355 g/mol. The summed E-state index contributed by atoms with van der Waals surface area (Å²) in [7, 11) is 1.98. The summed E-state index contributed by atoms with van der Waals surface area (Å²) in [6.45, 7) is 2.01. The largest absolute Gasteiger partial charge is 0.369 e. The number of aromatic nitrogens is 1. The fourth-order valence-electron chi connectivity index (χ4n) is 2.53. The molecule has 0 unspecified atom stereocenters. The van der Waals surface area contributed by atoms with E-state index in [0.29, 0.717) is 11.7 Å². The average molecular weight is 355 g/mol. The molecule has 3 rings (SSSR count). The van der Waals surface area contributed by atoms with Gasteiger partial charge in [-0.15, -0.1) is 11.3 Å². The number of hydrogen-bond acceptors (Lipinski definition) is 4. The maximum Gasteiger partial charge on any atom is 0.230 e. The molecular weight excluding hydrogens is 337 g/mol. The van der Waals surface area contributed by atoms with Gasteiger partial charge in [-0.3, -0.25) is 9.69 Å². The van der Waals surface area contributed by atoms with Crippen LogP contribution in [0.15, 0.2) is 60.0 Å². The lowest BCUT2D eigenvalue weighted by Crippen LogP contribution is -2.24. The molecule has 0 radical (unpaired) electrons. The molecule has 3 aromatic rings. The molecule has 2 aromatic carbocycles. The second-order valence-electron chi connectivity index (χ2n) is 5.62. The van der Waals surface area contributed by atoms with E-state index in [4.69, 9.17) is 0 Å². The third-order valence-corrected chi connectivity index (χ3v) is 4.61. The van der Waals surface area contributed by atoms with E-state index < -0.39 is 5.82 Å². The lowest BCUT2D eigenvalue weighted by Gasteiger charge is -2.19. The Hall–Kier alpha value is -2.73. The van der Waals surface area contributed by atoms with E-state index in [0.717, 1.165) is 11.4 Å². The Bertz CT molecular complexity index is 866. The second-order valence-corrected chi connectivity index (χ2v) is 6.46. The number of benzene rings is 2. The highest BCUT2D eigenvalue weighted by Gasteiger charge is 2.21. The van der Waals surface area contributed by atoms with Crippen LogP contribution in [0.3, 0.4) is 0 Å². The maximum absolute atomic E-state index is 14.1. The van der Waals surface area contributed by atoms with Crippen LogP contribution in [0, 0.1) is 5.82 Å². The van der Waals surface area contributed by atoms with E-state index in [9.17, 15) is 9.18 Å². The number of hydrogen-bond donors (Lipinski definition) is 0. The lowest BCUT2D eigenvalue weighted by molar-refractivity contribution is -0.115. The summed E-state index contributed by atoms with van der Waals surface area (Å²) in [6, 6.07) is 16.2. The molecule has 0 bridgehead atoms. The van der Waals surface area contributed by atoms with Crippen molar-refractivity contribution in [2.24, 2.45) is 0 Å². The number of nitrogens with zero attached hydrogens (tertiary/aromatic N) is 3. The predicted octanol–water partition coefficient (Wildman–Crippen LogP) is 4.60. The minimum Gasteiger partial charge on any atom is -0.369 e. The molecule has 4 nitrogen and oxygen atoms in total. The molecule has 1 aromatic heterocycles. The first-order valence-electron chi connectivity index (χ1n) is 7.82. The van der Waals surface area contributed by atoms with Gasteiger partial charge in [0.25, 0.3) is 0 Å². The number of carbonyl (C=O) groups excluding carboxylic acids is 1. The third-order valence-electron chi connectivity index (χ3n) is 3.74. The highest BCUT2D eigenvalue weighted by atomic mass is 32.1. The van der Waals surface area contributed by atoms with Crippen LogP contribution in [0.25, 0.3) is 0 Å². The zero-order chi connectivity index (χ0) is 17.8. The normalized spacial score (nSPS) is 10.5. The predicted molar refractivity (Wildman–Crippen MR) is 99.9 cm³/mol. The Morgan fingerprint density at radius 1 is 1.12 bits per heavy atom. The Labute approximate surface area is 150 Å². The van der Waals surface area contributed by atoms with Crippen LogP contribution in [-0.2, 0) is 11.3 Å². The van der Waals surface area contributed by atoms with Crippen LogP contribution >= 0.6 is 11.3 Å². The number of rotatable bonds is 5. The van der Waals surface area contributed by atoms with Crippen LogP contribution in [0.4, 0.5) is 20.9 Å². The van der Waals surface area contributed by atoms with Gasteiger partial charge in [0.05, 0.1) is 17.9 Å². The molecule has 0 saturated heterocycles. The highest BCUT2D eigenvalue weighted by molar-refractivity contribution is 7.14. The molecular formula is C19H18FN3OS. The van der Waals surface area contributed by atoms with Crippen molar-refractivity contribution < 1.29 is 9.18 Å². The third kappa shape index (κ3) is 3.85. The van der Waals surface area contributed by atoms with Crippen molar-refractivity contribution >= 4 is 33.8 Å². The van der Waals surface area contributed by atoms with Crippen molar-refractivity contribution in [2.45, 2.75) is 13.5 Å². The number of carbonyl (C=O) groups is 1. The zero-order valence-corrected chi connectivity index (χ0v) is 14.8. The summed E-state index contributed by atoms with van der Waals surface area (Å²) in [4.78, 5) is 20.0. The van der Waals surface area contributed by atoms with Gasteiger partial charge in [0.15, 0.2) is 5.13 Å². The minimum absolute atomic E-state index is 0.215. The van der Waals surface area contributed by atoms with Gasteiger partial charge < -0.3 is 4.90 Å². The van der Waals surface area contributed by atoms with E-state index in [-0.39, 0.29) is 11.6 Å². The molecule has 0 aliphatic rings. The number of amides is 1. The van der Waals surface area contributed by atoms with Gasteiger partial charge in [-0.25, -0.2) is 9.37 Å². The van der Waals surface area contributed by atoms with Crippen molar-refractivity contribution in [1.82, 2.24) is 4.98 Å². The van der Waals surface area contributed by atoms with Crippen LogP contribution in [0.5, 0.6) is 0 Å². The molecule has 1 amide bonds. The Morgan fingerprint density at radius 2 is 1.80 bits per heavy atom. The van der Waals surface area contributed by atoms with Gasteiger partial charge in [0.1, 0.15) is 5.82 Å². The first-order chi connectivity index (χ1) is 12.1. The minimum atomic E-state index is -0.448. The number of anilines is 3. The first kappa shape index (κ1) is 17.1. The fourth-order valence-corrected chi connectivity index (χ4v) is 3.40. The first-order valence-corrected chi connectivity index (χ1v) is 8.70. The summed E-state index contributed by atoms with van der Waals surface area (Å²) in [5, 5.41) is 2.36. The van der Waals surface area contributed by atoms with Crippen molar-refractivity contribution in [3.8, 4) is 0 Å². The molecule has 128 valence electrons. The standard InChI is InChI=1S/C19H18FN3OS/c1-14(24)23(18-11-7-6-10-17(18)20)19-21-15(13-25-19)12-22(2)16-8-4-3-5-9-16/h3-11,13H,12H2,1-2H3. The zero-order valence-electron chi connectivity index (χ0n) is 14.0. The molecule has 25 heavy (non-hydrogen) atoms. The van der Waals surface area contributed by atoms with Gasteiger partial charge >= 0.3 is 0 Å². The number of halogens is 1. The Kier molecular flexibility index (Phi) is 5.09. The van der Waals surface area contributed by atoms with E-state index >= 15 is 0 Å². The molecule has 0 atom stereocenters. The summed E-state index contributed by atoms with van der Waals surface area (Å²) >= 11 is 1.33. The van der Waals surface area contributed by atoms with E-state index in [2.05, 4.69) is 9.88 Å². The molecule has 1 heterocycles. The number of para-hydroxylation sites is 2. The molecule has 0 aliphatic heterocycles. The van der Waals surface area contributed by atoms with Gasteiger partial charge in [-0.05, 0) is 24.3 Å². The summed E-state index contributed by atoms with van der Waals surface area (Å²) in [6.07, 6.45) is 0. The smallest absolute Gasteiger partial charge is 0.230 e. The molecule has 0 fully saturated rings. The van der Waals surface area contributed by atoms with Gasteiger partial charge in [-0.2, -0.15) is 0 Å². The van der Waals surface area contributed by atoms with Gasteiger partial charge in [0, 0.05) is 25.0 Å². The maximum atomic E-state index is 14.1. The van der Waals surface area contributed by atoms with Crippen LogP contribution in [0.2, 0.25) is 0 Å². The van der Waals surface area contributed by atoms with E-state index in [1.54, 1.807) is 18.2 Å². The highest BCUT2D eigenvalue weighted by Crippen LogP contribution is 2.31. The fraction of sp³-hybridized carbons (Fsp3) is 0.158. The van der Waals surface area contributed by atoms with E-state index in [1.807, 2.05) is 42.8 Å². The topological polar surface area (TPSA) is 36.4 Å². The van der Waals surface area contributed by atoms with Crippen molar-refractivity contribution in [2.75, 3.05) is 16.8 Å². The summed E-state index contributed by atoms with van der Waals surface area (Å²) in [5.41, 5.74) is 2.12. The van der Waals surface area contributed by atoms with Gasteiger partial charge in [0.2, 0.25) is 5.91 Å².